The van der Waals surface area contributed by atoms with Gasteiger partial charge >= 0.3 is 0 Å². The highest BCUT2D eigenvalue weighted by Gasteiger charge is 2.06. The van der Waals surface area contributed by atoms with Crippen LogP contribution in [-0.2, 0) is 17.8 Å². The van der Waals surface area contributed by atoms with Crippen LogP contribution in [0.25, 0.3) is 0 Å². The summed E-state index contributed by atoms with van der Waals surface area (Å²) in [7, 11) is 5.13. The lowest BCUT2D eigenvalue weighted by atomic mass is 10.1. The third kappa shape index (κ3) is 7.12. The smallest absolute Gasteiger partial charge is 0.191 e. The molecule has 0 saturated heterocycles. The fourth-order valence-corrected chi connectivity index (χ4v) is 2.70. The first-order valence-corrected chi connectivity index (χ1v) is 9.45. The van der Waals surface area contributed by atoms with Crippen LogP contribution in [0, 0.1) is 6.92 Å². The lowest BCUT2D eigenvalue weighted by molar-refractivity contribution is 0.171. The summed E-state index contributed by atoms with van der Waals surface area (Å²) in [6, 6.07) is 14.2. The zero-order chi connectivity index (χ0) is 20.2. The van der Waals surface area contributed by atoms with Gasteiger partial charge in [-0.25, -0.2) is 0 Å². The number of nitrogens with zero attached hydrogens (tertiary/aromatic N) is 1. The van der Waals surface area contributed by atoms with Crippen molar-refractivity contribution in [2.75, 3.05) is 34.5 Å². The Balaban J connectivity index is 1.91. The van der Waals surface area contributed by atoms with E-state index < -0.39 is 0 Å². The van der Waals surface area contributed by atoms with Crippen LogP contribution in [0.15, 0.2) is 47.5 Å². The van der Waals surface area contributed by atoms with Gasteiger partial charge in [-0.15, -0.1) is 0 Å². The first kappa shape index (κ1) is 21.6. The molecule has 0 fully saturated rings. The minimum atomic E-state index is 0.623. The molecule has 0 radical (unpaired) electrons. The zero-order valence-corrected chi connectivity index (χ0v) is 17.2. The van der Waals surface area contributed by atoms with E-state index in [0.29, 0.717) is 26.3 Å². The average molecular weight is 386 g/mol. The Labute approximate surface area is 167 Å². The molecule has 0 aliphatic heterocycles. The minimum Gasteiger partial charge on any atom is -0.497 e. The number of ether oxygens (including phenoxy) is 3. The summed E-state index contributed by atoms with van der Waals surface area (Å²) in [5.74, 6) is 2.47. The van der Waals surface area contributed by atoms with Crippen LogP contribution in [0.5, 0.6) is 11.5 Å². The maximum absolute atomic E-state index is 5.95. The van der Waals surface area contributed by atoms with E-state index in [1.165, 1.54) is 5.56 Å². The van der Waals surface area contributed by atoms with E-state index in [9.17, 15) is 0 Å². The monoisotopic (exact) mass is 385 g/mol. The Hall–Kier alpha value is -2.73. The van der Waals surface area contributed by atoms with Gasteiger partial charge in [-0.2, -0.15) is 0 Å². The van der Waals surface area contributed by atoms with Gasteiger partial charge in [0.1, 0.15) is 11.5 Å². The second-order valence-electron chi connectivity index (χ2n) is 6.44. The molecule has 0 aromatic heterocycles. The number of methoxy groups -OCH3 is 2. The minimum absolute atomic E-state index is 0.623. The van der Waals surface area contributed by atoms with Crippen molar-refractivity contribution in [3.05, 3.63) is 59.2 Å². The molecule has 0 amide bonds. The summed E-state index contributed by atoms with van der Waals surface area (Å²) >= 11 is 0. The van der Waals surface area contributed by atoms with Gasteiger partial charge in [0.2, 0.25) is 0 Å². The molecule has 0 unspecified atom stereocenters. The maximum atomic E-state index is 5.95. The Morgan fingerprint density at radius 1 is 1.00 bits per heavy atom. The number of aryl methyl sites for hydroxylation is 1. The number of nitrogens with one attached hydrogen (secondary N) is 2. The first-order valence-electron chi connectivity index (χ1n) is 9.45. The summed E-state index contributed by atoms with van der Waals surface area (Å²) in [5, 5.41) is 6.67. The van der Waals surface area contributed by atoms with Crippen LogP contribution in [0.1, 0.15) is 23.1 Å². The van der Waals surface area contributed by atoms with E-state index in [1.54, 1.807) is 21.3 Å². The molecule has 6 nitrogen and oxygen atoms in total. The van der Waals surface area contributed by atoms with Gasteiger partial charge in [0.25, 0.3) is 0 Å². The summed E-state index contributed by atoms with van der Waals surface area (Å²) in [6.07, 6.45) is 0.862. The van der Waals surface area contributed by atoms with E-state index in [1.807, 2.05) is 18.2 Å². The topological polar surface area (TPSA) is 64.1 Å². The van der Waals surface area contributed by atoms with Crippen molar-refractivity contribution in [1.29, 1.82) is 0 Å². The molecule has 2 aromatic carbocycles. The third-order valence-corrected chi connectivity index (χ3v) is 4.24. The zero-order valence-electron chi connectivity index (χ0n) is 17.2. The van der Waals surface area contributed by atoms with Crippen molar-refractivity contribution in [2.24, 2.45) is 4.99 Å². The van der Waals surface area contributed by atoms with E-state index >= 15 is 0 Å². The fourth-order valence-electron chi connectivity index (χ4n) is 2.70. The van der Waals surface area contributed by atoms with Crippen LogP contribution < -0.4 is 20.1 Å². The van der Waals surface area contributed by atoms with Gasteiger partial charge in [0.05, 0.1) is 13.7 Å². The van der Waals surface area contributed by atoms with Gasteiger partial charge in [-0.1, -0.05) is 24.3 Å². The van der Waals surface area contributed by atoms with Crippen LogP contribution in [0.3, 0.4) is 0 Å². The first-order chi connectivity index (χ1) is 13.7. The average Bonchev–Trinajstić information content (AvgIpc) is 2.72. The van der Waals surface area contributed by atoms with Crippen molar-refractivity contribution in [3.63, 3.8) is 0 Å². The predicted molar refractivity (Wildman–Crippen MR) is 113 cm³/mol. The molecule has 0 heterocycles. The van der Waals surface area contributed by atoms with Gasteiger partial charge in [0.15, 0.2) is 5.96 Å². The van der Waals surface area contributed by atoms with Crippen LogP contribution >= 0.6 is 0 Å². The number of benzene rings is 2. The van der Waals surface area contributed by atoms with E-state index in [2.05, 4.69) is 46.8 Å². The molecule has 2 N–H and O–H groups in total. The van der Waals surface area contributed by atoms with E-state index in [0.717, 1.165) is 35.0 Å². The maximum Gasteiger partial charge on any atom is 0.191 e. The number of hydrogen-bond acceptors (Lipinski definition) is 4. The number of aliphatic imine (C=N–C) groups is 1. The standard InChI is InChI=1S/C22H31N3O3/c1-17-9-10-19(21(13-17)28-12-6-11-26-3)16-25-22(23-2)24-15-18-7-5-8-20(14-18)27-4/h5,7-10,13-14H,6,11-12,15-16H2,1-4H3,(H2,23,24,25). The second kappa shape index (κ2) is 11.9. The molecule has 0 aliphatic rings. The van der Waals surface area contributed by atoms with E-state index in [4.69, 9.17) is 14.2 Å². The molecule has 0 bridgehead atoms. The fraction of sp³-hybridized carbons (Fsp3) is 0.409. The van der Waals surface area contributed by atoms with Crippen molar-refractivity contribution >= 4 is 5.96 Å². The summed E-state index contributed by atoms with van der Waals surface area (Å²) < 4.78 is 16.3. The van der Waals surface area contributed by atoms with Crippen LogP contribution in [0.4, 0.5) is 0 Å². The Morgan fingerprint density at radius 2 is 1.82 bits per heavy atom. The SMILES string of the molecule is CN=C(NCc1cccc(OC)c1)NCc1ccc(C)cc1OCCCOC. The number of guanidine groups is 1. The number of hydrogen-bond donors (Lipinski definition) is 2. The molecule has 28 heavy (non-hydrogen) atoms. The molecule has 6 heteroatoms. The predicted octanol–water partition coefficient (Wildman–Crippen LogP) is 3.28. The van der Waals surface area contributed by atoms with Crippen molar-refractivity contribution < 1.29 is 14.2 Å². The quantitative estimate of drug-likeness (QED) is 0.373. The summed E-state index contributed by atoms with van der Waals surface area (Å²) in [6.45, 7) is 4.67. The summed E-state index contributed by atoms with van der Waals surface area (Å²) in [5.41, 5.74) is 3.39. The molecule has 2 rings (SSSR count). The van der Waals surface area contributed by atoms with Crippen molar-refractivity contribution in [1.82, 2.24) is 10.6 Å². The van der Waals surface area contributed by atoms with Crippen LogP contribution in [-0.4, -0.2) is 40.4 Å². The molecular weight excluding hydrogens is 354 g/mol. The molecular formula is C22H31N3O3. The number of rotatable bonds is 10. The highest BCUT2D eigenvalue weighted by molar-refractivity contribution is 5.79. The highest BCUT2D eigenvalue weighted by Crippen LogP contribution is 2.20. The van der Waals surface area contributed by atoms with Crippen LogP contribution in [0.2, 0.25) is 0 Å². The Morgan fingerprint density at radius 3 is 2.57 bits per heavy atom. The van der Waals surface area contributed by atoms with Gasteiger partial charge < -0.3 is 24.8 Å². The second-order valence-corrected chi connectivity index (χ2v) is 6.44. The molecule has 0 atom stereocenters. The van der Waals surface area contributed by atoms with Gasteiger partial charge in [-0.3, -0.25) is 4.99 Å². The Bertz CT molecular complexity index is 762. The van der Waals surface area contributed by atoms with Gasteiger partial charge in [0, 0.05) is 45.8 Å². The summed E-state index contributed by atoms with van der Waals surface area (Å²) in [4.78, 5) is 4.30. The van der Waals surface area contributed by atoms with Gasteiger partial charge in [-0.05, 0) is 36.2 Å². The molecule has 152 valence electrons. The molecule has 0 aliphatic carbocycles. The lowest BCUT2D eigenvalue weighted by Crippen LogP contribution is -2.36. The third-order valence-electron chi connectivity index (χ3n) is 4.24. The Kier molecular flexibility index (Phi) is 9.15. The molecule has 0 spiro atoms. The van der Waals surface area contributed by atoms with Crippen molar-refractivity contribution in [2.45, 2.75) is 26.4 Å². The molecule has 0 saturated carbocycles. The molecule has 2 aromatic rings. The highest BCUT2D eigenvalue weighted by atomic mass is 16.5. The largest absolute Gasteiger partial charge is 0.497 e. The van der Waals surface area contributed by atoms with Crippen molar-refractivity contribution in [3.8, 4) is 11.5 Å². The normalized spacial score (nSPS) is 11.2. The lowest BCUT2D eigenvalue weighted by Gasteiger charge is -2.16. The van der Waals surface area contributed by atoms with E-state index in [-0.39, 0.29) is 0 Å².